The third kappa shape index (κ3) is 5.03. The van der Waals surface area contributed by atoms with E-state index in [1.165, 1.54) is 11.9 Å². The molecule has 200 valence electrons. The first-order chi connectivity index (χ1) is 18.4. The molecule has 0 spiro atoms. The van der Waals surface area contributed by atoms with Crippen molar-refractivity contribution in [1.29, 1.82) is 0 Å². The fraction of sp³-hybridized carbons (Fsp3) is 0.250. The summed E-state index contributed by atoms with van der Waals surface area (Å²) in [5, 5.41) is 16.1. The lowest BCUT2D eigenvalue weighted by Gasteiger charge is -2.14. The summed E-state index contributed by atoms with van der Waals surface area (Å²) in [6.45, 7) is 10.3. The van der Waals surface area contributed by atoms with Crippen LogP contribution in [-0.2, 0) is 12.5 Å². The largest absolute Gasteiger partial charge is 0.383 e. The van der Waals surface area contributed by atoms with Crippen LogP contribution in [0.15, 0.2) is 48.8 Å². The van der Waals surface area contributed by atoms with Crippen molar-refractivity contribution in [3.8, 4) is 16.9 Å². The molecule has 11 heteroatoms. The molecule has 0 unspecified atom stereocenters. The molecule has 2 aromatic carbocycles. The van der Waals surface area contributed by atoms with Crippen LogP contribution in [-0.4, -0.2) is 35.6 Å². The molecule has 0 aliphatic rings. The van der Waals surface area contributed by atoms with Gasteiger partial charge in [-0.2, -0.15) is 10.2 Å². The monoisotopic (exact) mass is 543 g/mol. The first-order valence-corrected chi connectivity index (χ1v) is 12.8. The molecule has 4 N–H and O–H groups in total. The van der Waals surface area contributed by atoms with E-state index in [-0.39, 0.29) is 5.41 Å². The molecule has 0 saturated heterocycles. The number of halogens is 1. The van der Waals surface area contributed by atoms with Gasteiger partial charge in [0.25, 0.3) is 0 Å². The first kappa shape index (κ1) is 26.2. The van der Waals surface area contributed by atoms with Crippen molar-refractivity contribution < 1.29 is 4.79 Å². The van der Waals surface area contributed by atoms with Gasteiger partial charge in [0.05, 0.1) is 27.5 Å². The highest BCUT2D eigenvalue weighted by atomic mass is 35.5. The maximum atomic E-state index is 13.1. The quantitative estimate of drug-likeness (QED) is 0.254. The van der Waals surface area contributed by atoms with E-state index in [1.54, 1.807) is 28.5 Å². The molecular formula is C28H30ClN9O. The van der Waals surface area contributed by atoms with Crippen LogP contribution < -0.4 is 16.4 Å². The molecule has 0 bridgehead atoms. The molecule has 0 fully saturated rings. The minimum Gasteiger partial charge on any atom is -0.383 e. The smallest absolute Gasteiger partial charge is 0.324 e. The number of benzene rings is 2. The van der Waals surface area contributed by atoms with Gasteiger partial charge in [0.15, 0.2) is 5.65 Å². The summed E-state index contributed by atoms with van der Waals surface area (Å²) in [5.41, 5.74) is 12.3. The third-order valence-electron chi connectivity index (χ3n) is 6.60. The number of nitrogens with zero attached hydrogens (tertiary/aromatic N) is 6. The number of aryl methyl sites for hydroxylation is 3. The summed E-state index contributed by atoms with van der Waals surface area (Å²) in [6.07, 6.45) is 1.40. The Hall–Kier alpha value is -4.44. The Morgan fingerprint density at radius 2 is 1.74 bits per heavy atom. The summed E-state index contributed by atoms with van der Waals surface area (Å²) in [7, 11) is 1.79. The number of anilines is 3. The van der Waals surface area contributed by atoms with Crippen LogP contribution in [0.2, 0.25) is 5.02 Å². The van der Waals surface area contributed by atoms with Gasteiger partial charge in [0.1, 0.15) is 23.7 Å². The molecular weight excluding hydrogens is 514 g/mol. The lowest BCUT2D eigenvalue weighted by molar-refractivity contribution is 0.262. The fourth-order valence-electron chi connectivity index (χ4n) is 4.24. The second-order valence-electron chi connectivity index (χ2n) is 10.5. The van der Waals surface area contributed by atoms with Crippen molar-refractivity contribution in [2.75, 3.05) is 16.4 Å². The number of hydrogen-bond donors (Lipinski definition) is 3. The summed E-state index contributed by atoms with van der Waals surface area (Å²) >= 11 is 6.59. The maximum absolute atomic E-state index is 13.1. The number of nitrogens with two attached hydrogens (primary N) is 1. The zero-order chi connectivity index (χ0) is 28.1. The van der Waals surface area contributed by atoms with Gasteiger partial charge in [-0.3, -0.25) is 5.32 Å². The van der Waals surface area contributed by atoms with Crippen molar-refractivity contribution in [2.24, 2.45) is 7.05 Å². The van der Waals surface area contributed by atoms with Crippen molar-refractivity contribution in [2.45, 2.75) is 40.0 Å². The van der Waals surface area contributed by atoms with Crippen LogP contribution in [0.1, 0.15) is 37.6 Å². The predicted octanol–water partition coefficient (Wildman–Crippen LogP) is 6.01. The maximum Gasteiger partial charge on any atom is 0.324 e. The fourth-order valence-corrected chi connectivity index (χ4v) is 4.46. The topological polar surface area (TPSA) is 129 Å². The van der Waals surface area contributed by atoms with Gasteiger partial charge in [-0.15, -0.1) is 0 Å². The van der Waals surface area contributed by atoms with Crippen LogP contribution in [0, 0.1) is 13.8 Å². The lowest BCUT2D eigenvalue weighted by Crippen LogP contribution is -2.21. The SMILES string of the molecule is Cc1ccc(-n2nc(C(C)(C)C)cc2NC(=O)Nc2ccc(-c3nn(C)c4ncnc(N)c34)cc2Cl)cc1C. The standard InChI is InChI=1S/C28H30ClN9O/c1-15-7-9-18(11-16(15)2)38-22(13-21(35-38)28(3,4)5)34-27(39)33-20-10-8-17(12-19(20)29)24-23-25(30)31-14-32-26(23)37(6)36-24/h7-14H,1-6H3,(H2,30,31,32)(H2,33,34,39). The van der Waals surface area contributed by atoms with Crippen molar-refractivity contribution in [3.63, 3.8) is 0 Å². The molecule has 10 nitrogen and oxygen atoms in total. The highest BCUT2D eigenvalue weighted by Crippen LogP contribution is 2.34. The number of carbonyl (C=O) groups is 1. The summed E-state index contributed by atoms with van der Waals surface area (Å²) in [5.74, 6) is 0.875. The van der Waals surface area contributed by atoms with E-state index in [9.17, 15) is 4.79 Å². The predicted molar refractivity (Wildman–Crippen MR) is 156 cm³/mol. The molecule has 3 aromatic heterocycles. The Morgan fingerprint density at radius 3 is 2.44 bits per heavy atom. The first-order valence-electron chi connectivity index (χ1n) is 12.4. The summed E-state index contributed by atoms with van der Waals surface area (Å²) in [6, 6.07) is 12.8. The van der Waals surface area contributed by atoms with E-state index in [0.717, 1.165) is 22.5 Å². The number of nitrogen functional groups attached to an aromatic ring is 1. The number of amides is 2. The van der Waals surface area contributed by atoms with Gasteiger partial charge in [0.2, 0.25) is 0 Å². The minimum atomic E-state index is -0.448. The van der Waals surface area contributed by atoms with Crippen LogP contribution in [0.25, 0.3) is 28.0 Å². The molecule has 5 aromatic rings. The van der Waals surface area contributed by atoms with Crippen LogP contribution in [0.5, 0.6) is 0 Å². The van der Waals surface area contributed by atoms with E-state index in [2.05, 4.69) is 53.4 Å². The number of nitrogens with one attached hydrogen (secondary N) is 2. The van der Waals surface area contributed by atoms with Crippen LogP contribution in [0.3, 0.4) is 0 Å². The van der Waals surface area contributed by atoms with Crippen molar-refractivity contribution in [3.05, 3.63) is 70.6 Å². The molecule has 2 amide bonds. The van der Waals surface area contributed by atoms with Gasteiger partial charge in [-0.25, -0.2) is 24.1 Å². The van der Waals surface area contributed by atoms with Gasteiger partial charge < -0.3 is 11.1 Å². The molecule has 3 heterocycles. The summed E-state index contributed by atoms with van der Waals surface area (Å²) < 4.78 is 3.39. The Morgan fingerprint density at radius 1 is 0.974 bits per heavy atom. The Labute approximate surface area is 231 Å². The van der Waals surface area contributed by atoms with E-state index in [4.69, 9.17) is 22.4 Å². The van der Waals surface area contributed by atoms with Gasteiger partial charge in [0, 0.05) is 24.1 Å². The third-order valence-corrected chi connectivity index (χ3v) is 6.91. The second kappa shape index (κ2) is 9.70. The average Bonchev–Trinajstić information content (AvgIpc) is 3.44. The van der Waals surface area contributed by atoms with E-state index < -0.39 is 6.03 Å². The number of rotatable bonds is 4. The number of aromatic nitrogens is 6. The average molecular weight is 544 g/mol. The normalized spacial score (nSPS) is 11.7. The molecule has 0 radical (unpaired) electrons. The number of hydrogen-bond acceptors (Lipinski definition) is 6. The number of fused-ring (bicyclic) bond motifs is 1. The molecule has 0 aliphatic heterocycles. The van der Waals surface area contributed by atoms with Crippen LogP contribution in [0.4, 0.5) is 22.1 Å². The van der Waals surface area contributed by atoms with Gasteiger partial charge >= 0.3 is 6.03 Å². The van der Waals surface area contributed by atoms with Gasteiger partial charge in [-0.1, -0.05) is 44.5 Å². The highest BCUT2D eigenvalue weighted by Gasteiger charge is 2.22. The summed E-state index contributed by atoms with van der Waals surface area (Å²) in [4.78, 5) is 21.5. The molecule has 5 rings (SSSR count). The molecule has 0 saturated carbocycles. The van der Waals surface area contributed by atoms with Crippen molar-refractivity contribution in [1.82, 2.24) is 29.5 Å². The highest BCUT2D eigenvalue weighted by molar-refractivity contribution is 6.34. The molecule has 0 atom stereocenters. The minimum absolute atomic E-state index is 0.207. The zero-order valence-corrected chi connectivity index (χ0v) is 23.4. The van der Waals surface area contributed by atoms with Gasteiger partial charge in [-0.05, 0) is 49.2 Å². The molecule has 39 heavy (non-hydrogen) atoms. The lowest BCUT2D eigenvalue weighted by atomic mass is 9.92. The van der Waals surface area contributed by atoms with Crippen LogP contribution >= 0.6 is 11.6 Å². The second-order valence-corrected chi connectivity index (χ2v) is 11.0. The Bertz CT molecular complexity index is 1730. The van der Waals surface area contributed by atoms with E-state index >= 15 is 0 Å². The number of carbonyl (C=O) groups excluding carboxylic acids is 1. The Balaban J connectivity index is 1.42. The molecule has 0 aliphatic carbocycles. The van der Waals surface area contributed by atoms with E-state index in [0.29, 0.717) is 39.1 Å². The van der Waals surface area contributed by atoms with Crippen molar-refractivity contribution >= 4 is 46.0 Å². The number of urea groups is 1. The zero-order valence-electron chi connectivity index (χ0n) is 22.7. The van der Waals surface area contributed by atoms with E-state index in [1.807, 2.05) is 37.3 Å². The Kier molecular flexibility index (Phi) is 6.51.